The van der Waals surface area contributed by atoms with Crippen molar-refractivity contribution in [1.82, 2.24) is 0 Å². The zero-order valence-electron chi connectivity index (χ0n) is 6.87. The molecule has 1 aromatic carbocycles. The van der Waals surface area contributed by atoms with E-state index in [1.807, 2.05) is 17.5 Å². The van der Waals surface area contributed by atoms with Gasteiger partial charge in [-0.25, -0.2) is 0 Å². The van der Waals surface area contributed by atoms with Gasteiger partial charge in [0.1, 0.15) is 0 Å². The summed E-state index contributed by atoms with van der Waals surface area (Å²) < 4.78 is 2.73. The fourth-order valence-corrected chi connectivity index (χ4v) is 4.40. The van der Waals surface area contributed by atoms with Crippen molar-refractivity contribution in [3.63, 3.8) is 0 Å². The summed E-state index contributed by atoms with van der Waals surface area (Å²) in [7, 11) is -1.43. The molecular weight excluding hydrogens is 378 g/mol. The van der Waals surface area contributed by atoms with Crippen LogP contribution < -0.4 is 5.46 Å². The van der Waals surface area contributed by atoms with Gasteiger partial charge in [0.15, 0.2) is 0 Å². The molecule has 6 heteroatoms. The normalized spacial score (nSPS) is 10.9. The van der Waals surface area contributed by atoms with E-state index in [2.05, 4.69) is 38.5 Å². The molecule has 2 aromatic rings. The van der Waals surface area contributed by atoms with E-state index in [4.69, 9.17) is 0 Å². The molecule has 1 heterocycles. The Morgan fingerprint density at radius 2 is 2.14 bits per heavy atom. The first-order chi connectivity index (χ1) is 6.61. The molecule has 0 fully saturated rings. The Hall–Kier alpha value is 0.375. The van der Waals surface area contributed by atoms with Crippen LogP contribution in [-0.2, 0) is 0 Å². The third-order valence-electron chi connectivity index (χ3n) is 1.93. The molecule has 0 amide bonds. The molecular formula is C8H5BBrIO2S. The lowest BCUT2D eigenvalue weighted by Crippen LogP contribution is -2.33. The van der Waals surface area contributed by atoms with Crippen LogP contribution in [0, 0.1) is 3.57 Å². The second-order valence-electron chi connectivity index (χ2n) is 2.80. The maximum atomic E-state index is 9.21. The molecule has 0 unspecified atom stereocenters. The van der Waals surface area contributed by atoms with Crippen molar-refractivity contribution >= 4 is 72.5 Å². The lowest BCUT2D eigenvalue weighted by Gasteiger charge is -2.07. The molecule has 2 nitrogen and oxygen atoms in total. The summed E-state index contributed by atoms with van der Waals surface area (Å²) in [5.74, 6) is 0. The third kappa shape index (κ3) is 1.74. The Morgan fingerprint density at radius 1 is 1.43 bits per heavy atom. The van der Waals surface area contributed by atoms with E-state index in [-0.39, 0.29) is 0 Å². The van der Waals surface area contributed by atoms with Gasteiger partial charge in [0.25, 0.3) is 0 Å². The molecule has 0 aliphatic heterocycles. The minimum atomic E-state index is -1.43. The van der Waals surface area contributed by atoms with Crippen molar-refractivity contribution < 1.29 is 10.0 Å². The van der Waals surface area contributed by atoms with E-state index in [0.717, 1.165) is 18.1 Å². The smallest absolute Gasteiger partial charge is 0.423 e. The first-order valence-corrected chi connectivity index (χ1v) is 6.57. The number of fused-ring (bicyclic) bond motifs is 1. The predicted octanol–water partition coefficient (Wildman–Crippen LogP) is 1.95. The van der Waals surface area contributed by atoms with Crippen LogP contribution in [0.2, 0.25) is 0 Å². The maximum absolute atomic E-state index is 9.21. The molecule has 1 aromatic heterocycles. The van der Waals surface area contributed by atoms with E-state index >= 15 is 0 Å². The highest BCUT2D eigenvalue weighted by Crippen LogP contribution is 2.28. The number of rotatable bonds is 1. The molecule has 2 N–H and O–H groups in total. The highest BCUT2D eigenvalue weighted by Gasteiger charge is 2.21. The molecule has 0 atom stereocenters. The van der Waals surface area contributed by atoms with Crippen LogP contribution >= 0.6 is 49.9 Å². The van der Waals surface area contributed by atoms with Gasteiger partial charge in [-0.15, -0.1) is 11.3 Å². The van der Waals surface area contributed by atoms with Gasteiger partial charge in [-0.1, -0.05) is 15.9 Å². The van der Waals surface area contributed by atoms with Crippen molar-refractivity contribution in [1.29, 1.82) is 0 Å². The molecule has 72 valence electrons. The molecule has 14 heavy (non-hydrogen) atoms. The largest absolute Gasteiger partial charge is 0.490 e. The highest BCUT2D eigenvalue weighted by molar-refractivity contribution is 14.1. The van der Waals surface area contributed by atoms with Gasteiger partial charge in [-0.3, -0.25) is 0 Å². The number of hydrogen-bond acceptors (Lipinski definition) is 3. The summed E-state index contributed by atoms with van der Waals surface area (Å²) in [6.45, 7) is 0. The van der Waals surface area contributed by atoms with Crippen molar-refractivity contribution in [2.45, 2.75) is 0 Å². The van der Waals surface area contributed by atoms with Gasteiger partial charge < -0.3 is 10.0 Å². The number of halogens is 2. The molecule has 0 spiro atoms. The monoisotopic (exact) mass is 382 g/mol. The lowest BCUT2D eigenvalue weighted by atomic mass is 9.80. The molecule has 0 aliphatic rings. The standard InChI is InChI=1S/C8H5BBrIO2S/c10-5-3-4-1-2-14-8(4)7(11)6(5)9(12)13/h1-3,12-13H. The summed E-state index contributed by atoms with van der Waals surface area (Å²) in [5.41, 5.74) is 0.542. The van der Waals surface area contributed by atoms with Gasteiger partial charge in [-0.05, 0) is 45.5 Å². The molecule has 0 saturated heterocycles. The van der Waals surface area contributed by atoms with Crippen LogP contribution in [0.1, 0.15) is 0 Å². The average molecular weight is 383 g/mol. The van der Waals surface area contributed by atoms with Crippen molar-refractivity contribution in [2.24, 2.45) is 0 Å². The summed E-state index contributed by atoms with van der Waals surface area (Å²) in [4.78, 5) is 0. The average Bonchev–Trinajstić information content (AvgIpc) is 2.50. The van der Waals surface area contributed by atoms with Gasteiger partial charge in [0.05, 0.1) is 0 Å². The molecule has 0 radical (unpaired) electrons. The Kier molecular flexibility index (Phi) is 3.18. The summed E-state index contributed by atoms with van der Waals surface area (Å²) in [6.07, 6.45) is 0. The Balaban J connectivity index is 2.82. The molecule has 0 saturated carbocycles. The van der Waals surface area contributed by atoms with Crippen LogP contribution in [0.4, 0.5) is 0 Å². The lowest BCUT2D eigenvalue weighted by molar-refractivity contribution is 0.425. The minimum absolute atomic E-state index is 0.542. The second-order valence-corrected chi connectivity index (χ2v) is 5.65. The van der Waals surface area contributed by atoms with Crippen molar-refractivity contribution in [3.8, 4) is 0 Å². The van der Waals surface area contributed by atoms with E-state index in [1.165, 1.54) is 0 Å². The first-order valence-electron chi connectivity index (χ1n) is 3.82. The topological polar surface area (TPSA) is 40.5 Å². The van der Waals surface area contributed by atoms with Crippen LogP contribution in [0.15, 0.2) is 22.0 Å². The van der Waals surface area contributed by atoms with Crippen LogP contribution in [0.5, 0.6) is 0 Å². The molecule has 0 aliphatic carbocycles. The van der Waals surface area contributed by atoms with Gasteiger partial charge in [0, 0.05) is 18.2 Å². The third-order valence-corrected chi connectivity index (χ3v) is 5.02. The summed E-state index contributed by atoms with van der Waals surface area (Å²) in [6, 6.07) is 3.92. The molecule has 2 rings (SSSR count). The van der Waals surface area contributed by atoms with Gasteiger partial charge in [0.2, 0.25) is 0 Å². The van der Waals surface area contributed by atoms with E-state index < -0.39 is 7.12 Å². The fourth-order valence-electron chi connectivity index (χ4n) is 1.29. The number of hydrogen-bond donors (Lipinski definition) is 2. The van der Waals surface area contributed by atoms with Crippen LogP contribution in [-0.4, -0.2) is 17.2 Å². The molecule has 0 bridgehead atoms. The highest BCUT2D eigenvalue weighted by atomic mass is 127. The minimum Gasteiger partial charge on any atom is -0.423 e. The van der Waals surface area contributed by atoms with Gasteiger partial charge >= 0.3 is 7.12 Å². The van der Waals surface area contributed by atoms with Crippen molar-refractivity contribution in [2.75, 3.05) is 0 Å². The Labute approximate surface area is 107 Å². The van der Waals surface area contributed by atoms with Crippen molar-refractivity contribution in [3.05, 3.63) is 25.6 Å². The van der Waals surface area contributed by atoms with Gasteiger partial charge in [-0.2, -0.15) is 0 Å². The Morgan fingerprint density at radius 3 is 2.79 bits per heavy atom. The quantitative estimate of drug-likeness (QED) is 0.584. The fraction of sp³-hybridized carbons (Fsp3) is 0. The maximum Gasteiger partial charge on any atom is 0.490 e. The Bertz CT molecular complexity index is 485. The SMILES string of the molecule is OB(O)c1c(Br)cc2ccsc2c1I. The van der Waals surface area contributed by atoms with Crippen LogP contribution in [0.3, 0.4) is 0 Å². The van der Waals surface area contributed by atoms with E-state index in [1.54, 1.807) is 11.3 Å². The number of thiophene rings is 1. The summed E-state index contributed by atoms with van der Waals surface area (Å²) >= 11 is 7.07. The van der Waals surface area contributed by atoms with E-state index in [0.29, 0.717) is 5.46 Å². The van der Waals surface area contributed by atoms with E-state index in [9.17, 15) is 10.0 Å². The second kappa shape index (κ2) is 4.09. The van der Waals surface area contributed by atoms with Crippen LogP contribution in [0.25, 0.3) is 10.1 Å². The number of benzene rings is 1. The summed E-state index contributed by atoms with van der Waals surface area (Å²) in [5, 5.41) is 21.5. The zero-order chi connectivity index (χ0) is 10.3. The first kappa shape index (κ1) is 10.9. The zero-order valence-corrected chi connectivity index (χ0v) is 11.4. The predicted molar refractivity (Wildman–Crippen MR) is 72.1 cm³/mol.